The highest BCUT2D eigenvalue weighted by atomic mass is 16.7. The molecule has 0 radical (unpaired) electrons. The molecule has 0 amide bonds. The van der Waals surface area contributed by atoms with Crippen LogP contribution in [0.5, 0.6) is 0 Å². The normalized spacial score (nSPS) is 61.5. The summed E-state index contributed by atoms with van der Waals surface area (Å²) in [7, 11) is 0. The molecule has 2 aliphatic heterocycles. The molecule has 6 aliphatic rings. The largest absolute Gasteiger partial charge is 0.393 e. The molecular weight excluding hydrogens is 404 g/mol. The van der Waals surface area contributed by atoms with E-state index in [1.54, 1.807) is 0 Å². The lowest BCUT2D eigenvalue weighted by atomic mass is 9.46. The smallest absolute Gasteiger partial charge is 0.197 e. The zero-order valence-electron chi connectivity index (χ0n) is 20.2. The van der Waals surface area contributed by atoms with E-state index in [0.29, 0.717) is 30.8 Å². The van der Waals surface area contributed by atoms with Crippen LogP contribution in [-0.4, -0.2) is 52.1 Å². The van der Waals surface area contributed by atoms with Crippen LogP contribution >= 0.6 is 0 Å². The molecule has 32 heavy (non-hydrogen) atoms. The van der Waals surface area contributed by atoms with E-state index in [4.69, 9.17) is 9.47 Å². The van der Waals surface area contributed by atoms with Gasteiger partial charge in [-0.3, -0.25) is 0 Å². The van der Waals surface area contributed by atoms with E-state index in [9.17, 15) is 15.3 Å². The molecule has 6 rings (SSSR count). The fourth-order valence-electron chi connectivity index (χ4n) is 9.85. The van der Waals surface area contributed by atoms with Crippen molar-refractivity contribution >= 4 is 0 Å². The second-order valence-electron chi connectivity index (χ2n) is 12.9. The Morgan fingerprint density at radius 1 is 1.03 bits per heavy atom. The number of ether oxygens (including phenoxy) is 2. The predicted molar refractivity (Wildman–Crippen MR) is 120 cm³/mol. The molecule has 180 valence electrons. The molecule has 3 saturated carbocycles. The Labute approximate surface area is 192 Å². The Morgan fingerprint density at radius 3 is 2.56 bits per heavy atom. The van der Waals surface area contributed by atoms with E-state index in [-0.39, 0.29) is 40.8 Å². The van der Waals surface area contributed by atoms with Gasteiger partial charge in [-0.15, -0.1) is 0 Å². The highest BCUT2D eigenvalue weighted by Crippen LogP contribution is 2.70. The van der Waals surface area contributed by atoms with Crippen molar-refractivity contribution in [2.45, 2.75) is 103 Å². The minimum atomic E-state index is -0.960. The van der Waals surface area contributed by atoms with Crippen LogP contribution in [0.1, 0.15) is 72.6 Å². The van der Waals surface area contributed by atoms with E-state index >= 15 is 0 Å². The second kappa shape index (κ2) is 7.04. The van der Waals surface area contributed by atoms with Gasteiger partial charge in [0.1, 0.15) is 6.10 Å². The Bertz CT molecular complexity index is 812. The number of fused-ring (bicyclic) bond motifs is 7. The Kier molecular flexibility index (Phi) is 4.84. The van der Waals surface area contributed by atoms with E-state index < -0.39 is 18.0 Å². The van der Waals surface area contributed by atoms with Crippen molar-refractivity contribution in [3.8, 4) is 0 Å². The fraction of sp³-hybridized carbons (Fsp3) is 0.926. The Morgan fingerprint density at radius 2 is 1.81 bits per heavy atom. The Hall–Kier alpha value is -0.460. The van der Waals surface area contributed by atoms with Gasteiger partial charge in [0, 0.05) is 11.8 Å². The molecule has 4 unspecified atom stereocenters. The number of hydrogen-bond acceptors (Lipinski definition) is 5. The van der Waals surface area contributed by atoms with Gasteiger partial charge in [0.05, 0.1) is 24.9 Å². The summed E-state index contributed by atoms with van der Waals surface area (Å²) < 4.78 is 12.9. The summed E-state index contributed by atoms with van der Waals surface area (Å²) in [5.74, 6) is 0.888. The van der Waals surface area contributed by atoms with Gasteiger partial charge in [0.2, 0.25) is 0 Å². The van der Waals surface area contributed by atoms with Crippen LogP contribution in [0.2, 0.25) is 0 Å². The minimum absolute atomic E-state index is 0.00378. The lowest BCUT2D eigenvalue weighted by Gasteiger charge is -2.59. The van der Waals surface area contributed by atoms with Gasteiger partial charge >= 0.3 is 0 Å². The molecule has 0 aromatic rings. The number of hydrogen-bond donors (Lipinski definition) is 3. The van der Waals surface area contributed by atoms with Gasteiger partial charge in [0.25, 0.3) is 0 Å². The highest BCUT2D eigenvalue weighted by molar-refractivity contribution is 5.27. The summed E-state index contributed by atoms with van der Waals surface area (Å²) in [6.07, 6.45) is 7.58. The molecule has 3 N–H and O–H groups in total. The van der Waals surface area contributed by atoms with Crippen molar-refractivity contribution in [3.63, 3.8) is 0 Å². The van der Waals surface area contributed by atoms with Gasteiger partial charge in [-0.1, -0.05) is 39.3 Å². The van der Waals surface area contributed by atoms with Crippen molar-refractivity contribution in [1.29, 1.82) is 0 Å². The average Bonchev–Trinajstić information content (AvgIpc) is 3.16. The summed E-state index contributed by atoms with van der Waals surface area (Å²) in [6, 6.07) is 0. The fourth-order valence-corrected chi connectivity index (χ4v) is 9.85. The first kappa shape index (κ1) is 22.0. The molecule has 5 nitrogen and oxygen atoms in total. The standard InChI is InChI=1S/C27H42O5/c1-14-11-20(29)27(31-13-14)15(2)21-24(32-27)23(30)22-18-6-5-16-12-17(28)7-9-25(16,3)19(18)8-10-26(21,22)4/h5,14-15,17-24,28-30H,6-13H2,1-4H3/t14?,15-,17?,18+,19-,20?,21-,22+,23?,24+,25-,26+,27-/m0/s1. The van der Waals surface area contributed by atoms with Crippen LogP contribution in [0.4, 0.5) is 0 Å². The van der Waals surface area contributed by atoms with Crippen LogP contribution in [0.25, 0.3) is 0 Å². The van der Waals surface area contributed by atoms with Crippen molar-refractivity contribution in [1.82, 2.24) is 0 Å². The first-order chi connectivity index (χ1) is 15.1. The summed E-state index contributed by atoms with van der Waals surface area (Å²) in [6.45, 7) is 9.73. The SMILES string of the molecule is CC1CO[C@@]2(O[C@H]3C(O)[C@H]4[C@@H]5CC=C6CC(O)CC[C@]6(C)[C@H]5CC[C@]4(C)[C@H]3[C@@H]2C)C(O)C1. The predicted octanol–water partition coefficient (Wildman–Crippen LogP) is 3.66. The summed E-state index contributed by atoms with van der Waals surface area (Å²) in [4.78, 5) is 0. The molecule has 2 saturated heterocycles. The zero-order valence-corrected chi connectivity index (χ0v) is 20.2. The maximum absolute atomic E-state index is 11.8. The van der Waals surface area contributed by atoms with Crippen molar-refractivity contribution in [3.05, 3.63) is 11.6 Å². The minimum Gasteiger partial charge on any atom is -0.393 e. The van der Waals surface area contributed by atoms with Gasteiger partial charge in [-0.05, 0) is 79.4 Å². The number of aliphatic hydroxyl groups is 3. The van der Waals surface area contributed by atoms with E-state index in [0.717, 1.165) is 32.1 Å². The summed E-state index contributed by atoms with van der Waals surface area (Å²) in [5.41, 5.74) is 1.62. The molecule has 0 bridgehead atoms. The van der Waals surface area contributed by atoms with E-state index in [1.807, 2.05) is 0 Å². The lowest BCUT2D eigenvalue weighted by molar-refractivity contribution is -0.322. The monoisotopic (exact) mass is 446 g/mol. The quantitative estimate of drug-likeness (QED) is 0.495. The molecule has 13 atom stereocenters. The van der Waals surface area contributed by atoms with Crippen LogP contribution in [0.15, 0.2) is 11.6 Å². The van der Waals surface area contributed by atoms with Gasteiger partial charge in [0.15, 0.2) is 5.79 Å². The third-order valence-corrected chi connectivity index (χ3v) is 11.4. The maximum atomic E-state index is 11.8. The Balaban J connectivity index is 1.33. The number of aliphatic hydroxyl groups excluding tert-OH is 3. The molecule has 5 fully saturated rings. The summed E-state index contributed by atoms with van der Waals surface area (Å²) >= 11 is 0. The topological polar surface area (TPSA) is 79.2 Å². The maximum Gasteiger partial charge on any atom is 0.197 e. The average molecular weight is 447 g/mol. The number of rotatable bonds is 0. The van der Waals surface area contributed by atoms with E-state index in [1.165, 1.54) is 12.0 Å². The first-order valence-corrected chi connectivity index (χ1v) is 13.2. The van der Waals surface area contributed by atoms with Gasteiger partial charge in [-0.2, -0.15) is 0 Å². The molecular formula is C27H42O5. The third kappa shape index (κ3) is 2.64. The highest BCUT2D eigenvalue weighted by Gasteiger charge is 2.73. The molecule has 5 heteroatoms. The molecule has 0 aromatic heterocycles. The third-order valence-electron chi connectivity index (χ3n) is 11.4. The van der Waals surface area contributed by atoms with Crippen LogP contribution < -0.4 is 0 Å². The van der Waals surface area contributed by atoms with Gasteiger partial charge < -0.3 is 24.8 Å². The molecule has 2 heterocycles. The van der Waals surface area contributed by atoms with Crippen molar-refractivity contribution < 1.29 is 24.8 Å². The second-order valence-corrected chi connectivity index (χ2v) is 12.9. The van der Waals surface area contributed by atoms with Crippen molar-refractivity contribution in [2.24, 2.45) is 46.3 Å². The van der Waals surface area contributed by atoms with Crippen molar-refractivity contribution in [2.75, 3.05) is 6.61 Å². The van der Waals surface area contributed by atoms with Crippen LogP contribution in [0.3, 0.4) is 0 Å². The number of allylic oxidation sites excluding steroid dienone is 1. The molecule has 4 aliphatic carbocycles. The molecule has 1 spiro atoms. The van der Waals surface area contributed by atoms with Crippen LogP contribution in [0, 0.1) is 46.3 Å². The van der Waals surface area contributed by atoms with Gasteiger partial charge in [-0.25, -0.2) is 0 Å². The van der Waals surface area contributed by atoms with Crippen LogP contribution in [-0.2, 0) is 9.47 Å². The van der Waals surface area contributed by atoms with E-state index in [2.05, 4.69) is 33.8 Å². The zero-order chi connectivity index (χ0) is 22.6. The molecule has 0 aromatic carbocycles. The first-order valence-electron chi connectivity index (χ1n) is 13.2. The lowest BCUT2D eigenvalue weighted by Crippen LogP contribution is -2.58. The summed E-state index contributed by atoms with van der Waals surface area (Å²) in [5, 5.41) is 33.1.